The molecule has 0 bridgehead atoms. The average molecular weight is 297 g/mol. The first-order valence-corrected chi connectivity index (χ1v) is 6.96. The van der Waals surface area contributed by atoms with Crippen LogP contribution in [0.25, 0.3) is 0 Å². The minimum Gasteiger partial charge on any atom is -0.297 e. The number of benzene rings is 1. The SMILES string of the molecule is CN(Cc1ccc(Cl)c([N+](=O)[O-])c1)Cc1cccs1. The van der Waals surface area contributed by atoms with Gasteiger partial charge in [0.25, 0.3) is 5.69 Å². The van der Waals surface area contributed by atoms with Gasteiger partial charge in [0.05, 0.1) is 4.92 Å². The number of nitrogens with zero attached hydrogens (tertiary/aromatic N) is 2. The first-order chi connectivity index (χ1) is 9.06. The van der Waals surface area contributed by atoms with Crippen molar-refractivity contribution in [2.75, 3.05) is 7.05 Å². The van der Waals surface area contributed by atoms with Gasteiger partial charge < -0.3 is 0 Å². The predicted molar refractivity (Wildman–Crippen MR) is 77.6 cm³/mol. The van der Waals surface area contributed by atoms with Crippen LogP contribution in [0, 0.1) is 10.1 Å². The van der Waals surface area contributed by atoms with Gasteiger partial charge in [0.15, 0.2) is 0 Å². The fourth-order valence-corrected chi connectivity index (χ4v) is 2.80. The highest BCUT2D eigenvalue weighted by atomic mass is 35.5. The number of thiophene rings is 1. The second-order valence-corrected chi connectivity index (χ2v) is 5.73. The molecule has 0 atom stereocenters. The third-order valence-electron chi connectivity index (χ3n) is 2.67. The van der Waals surface area contributed by atoms with Crippen LogP contribution in [0.4, 0.5) is 5.69 Å². The molecule has 0 N–H and O–H groups in total. The molecule has 4 nitrogen and oxygen atoms in total. The lowest BCUT2D eigenvalue weighted by Crippen LogP contribution is -2.16. The first-order valence-electron chi connectivity index (χ1n) is 5.70. The summed E-state index contributed by atoms with van der Waals surface area (Å²) in [5, 5.41) is 13.0. The zero-order chi connectivity index (χ0) is 13.8. The molecule has 2 rings (SSSR count). The van der Waals surface area contributed by atoms with Crippen molar-refractivity contribution in [1.82, 2.24) is 4.90 Å². The van der Waals surface area contributed by atoms with E-state index in [-0.39, 0.29) is 10.7 Å². The van der Waals surface area contributed by atoms with Crippen molar-refractivity contribution in [2.45, 2.75) is 13.1 Å². The molecule has 0 unspecified atom stereocenters. The Morgan fingerprint density at radius 1 is 1.37 bits per heavy atom. The average Bonchev–Trinajstić information content (AvgIpc) is 2.84. The van der Waals surface area contributed by atoms with Crippen LogP contribution in [0.2, 0.25) is 5.02 Å². The Morgan fingerprint density at radius 2 is 2.16 bits per heavy atom. The largest absolute Gasteiger partial charge is 0.297 e. The van der Waals surface area contributed by atoms with Crippen LogP contribution in [0.5, 0.6) is 0 Å². The number of halogens is 1. The highest BCUT2D eigenvalue weighted by Crippen LogP contribution is 2.25. The highest BCUT2D eigenvalue weighted by Gasteiger charge is 2.13. The molecule has 0 aliphatic heterocycles. The summed E-state index contributed by atoms with van der Waals surface area (Å²) < 4.78 is 0. The Hall–Kier alpha value is -1.43. The van der Waals surface area contributed by atoms with Gasteiger partial charge in [0.1, 0.15) is 5.02 Å². The van der Waals surface area contributed by atoms with Gasteiger partial charge in [-0.2, -0.15) is 0 Å². The monoisotopic (exact) mass is 296 g/mol. The zero-order valence-electron chi connectivity index (χ0n) is 10.4. The van der Waals surface area contributed by atoms with E-state index in [9.17, 15) is 10.1 Å². The summed E-state index contributed by atoms with van der Waals surface area (Å²) >= 11 is 7.49. The van der Waals surface area contributed by atoms with Gasteiger partial charge in [-0.05, 0) is 30.1 Å². The molecule has 100 valence electrons. The number of nitro groups is 1. The second kappa shape index (κ2) is 6.14. The van der Waals surface area contributed by atoms with Crippen LogP contribution < -0.4 is 0 Å². The molecule has 0 fully saturated rings. The molecule has 0 aliphatic carbocycles. The summed E-state index contributed by atoms with van der Waals surface area (Å²) in [5.41, 5.74) is 0.846. The van der Waals surface area contributed by atoms with Crippen LogP contribution in [0.15, 0.2) is 35.7 Å². The third kappa shape index (κ3) is 3.76. The van der Waals surface area contributed by atoms with Crippen molar-refractivity contribution in [3.05, 3.63) is 61.3 Å². The Labute approximate surface area is 120 Å². The zero-order valence-corrected chi connectivity index (χ0v) is 11.9. The molecule has 0 saturated carbocycles. The number of hydrogen-bond donors (Lipinski definition) is 0. The Bertz CT molecular complexity index is 572. The maximum Gasteiger partial charge on any atom is 0.288 e. The van der Waals surface area contributed by atoms with Gasteiger partial charge in [0, 0.05) is 24.0 Å². The van der Waals surface area contributed by atoms with Crippen molar-refractivity contribution in [3.63, 3.8) is 0 Å². The van der Waals surface area contributed by atoms with Crippen LogP contribution in [-0.4, -0.2) is 16.9 Å². The molecule has 2 aromatic rings. The van der Waals surface area contributed by atoms with Crippen molar-refractivity contribution in [2.24, 2.45) is 0 Å². The van der Waals surface area contributed by atoms with E-state index in [1.165, 1.54) is 10.9 Å². The Balaban J connectivity index is 2.06. The molecule has 1 aromatic carbocycles. The molecule has 6 heteroatoms. The normalized spacial score (nSPS) is 10.9. The Kier molecular flexibility index (Phi) is 4.52. The molecule has 0 radical (unpaired) electrons. The molecule has 1 aromatic heterocycles. The molecule has 1 heterocycles. The number of hydrogen-bond acceptors (Lipinski definition) is 4. The van der Waals surface area contributed by atoms with Crippen LogP contribution in [0.3, 0.4) is 0 Å². The minimum atomic E-state index is -0.453. The fourth-order valence-electron chi connectivity index (χ4n) is 1.83. The standard InChI is InChI=1S/C13H13ClN2O2S/c1-15(9-11-3-2-6-19-11)8-10-4-5-12(14)13(7-10)16(17)18/h2-7H,8-9H2,1H3. The molecular weight excluding hydrogens is 284 g/mol. The van der Waals surface area contributed by atoms with Crippen molar-refractivity contribution in [3.8, 4) is 0 Å². The number of rotatable bonds is 5. The van der Waals surface area contributed by atoms with Crippen molar-refractivity contribution < 1.29 is 4.92 Å². The lowest BCUT2D eigenvalue weighted by Gasteiger charge is -2.15. The summed E-state index contributed by atoms with van der Waals surface area (Å²) in [4.78, 5) is 13.8. The van der Waals surface area contributed by atoms with E-state index in [1.54, 1.807) is 17.4 Å². The molecule has 0 saturated heterocycles. The highest BCUT2D eigenvalue weighted by molar-refractivity contribution is 7.09. The minimum absolute atomic E-state index is 0.0382. The van der Waals surface area contributed by atoms with E-state index in [0.29, 0.717) is 6.54 Å². The van der Waals surface area contributed by atoms with E-state index in [0.717, 1.165) is 12.1 Å². The maximum absolute atomic E-state index is 10.8. The van der Waals surface area contributed by atoms with Crippen LogP contribution in [0.1, 0.15) is 10.4 Å². The lowest BCUT2D eigenvalue weighted by molar-refractivity contribution is -0.384. The van der Waals surface area contributed by atoms with Gasteiger partial charge in [-0.1, -0.05) is 23.7 Å². The molecule has 0 spiro atoms. The van der Waals surface area contributed by atoms with Crippen LogP contribution in [-0.2, 0) is 13.1 Å². The third-order valence-corrected chi connectivity index (χ3v) is 3.85. The number of nitro benzene ring substituents is 1. The van der Waals surface area contributed by atoms with E-state index < -0.39 is 4.92 Å². The topological polar surface area (TPSA) is 46.4 Å². The summed E-state index contributed by atoms with van der Waals surface area (Å²) in [6.45, 7) is 1.48. The van der Waals surface area contributed by atoms with Gasteiger partial charge in [-0.25, -0.2) is 0 Å². The summed E-state index contributed by atoms with van der Waals surface area (Å²) in [6.07, 6.45) is 0. The van der Waals surface area contributed by atoms with Crippen molar-refractivity contribution >= 4 is 28.6 Å². The molecule has 19 heavy (non-hydrogen) atoms. The second-order valence-electron chi connectivity index (χ2n) is 4.29. The Morgan fingerprint density at radius 3 is 2.79 bits per heavy atom. The fraction of sp³-hybridized carbons (Fsp3) is 0.231. The van der Waals surface area contributed by atoms with Gasteiger partial charge in [-0.15, -0.1) is 11.3 Å². The lowest BCUT2D eigenvalue weighted by atomic mass is 10.2. The van der Waals surface area contributed by atoms with E-state index >= 15 is 0 Å². The first kappa shape index (κ1) is 14.0. The molecule has 0 aliphatic rings. The van der Waals surface area contributed by atoms with E-state index in [2.05, 4.69) is 11.0 Å². The maximum atomic E-state index is 10.8. The van der Waals surface area contributed by atoms with Gasteiger partial charge in [0.2, 0.25) is 0 Å². The summed E-state index contributed by atoms with van der Waals surface area (Å²) in [5.74, 6) is 0. The van der Waals surface area contributed by atoms with Gasteiger partial charge >= 0.3 is 0 Å². The van der Waals surface area contributed by atoms with E-state index in [4.69, 9.17) is 11.6 Å². The van der Waals surface area contributed by atoms with Gasteiger partial charge in [-0.3, -0.25) is 15.0 Å². The molecular formula is C13H13ClN2O2S. The summed E-state index contributed by atoms with van der Waals surface area (Å²) in [7, 11) is 1.99. The predicted octanol–water partition coefficient (Wildman–Crippen LogP) is 3.94. The van der Waals surface area contributed by atoms with E-state index in [1.807, 2.05) is 24.6 Å². The quantitative estimate of drug-likeness (QED) is 0.620. The summed E-state index contributed by atoms with van der Waals surface area (Å²) in [6, 6.07) is 9.02. The smallest absolute Gasteiger partial charge is 0.288 e. The van der Waals surface area contributed by atoms with Crippen molar-refractivity contribution in [1.29, 1.82) is 0 Å². The van der Waals surface area contributed by atoms with Crippen LogP contribution >= 0.6 is 22.9 Å². The molecule has 0 amide bonds.